The lowest BCUT2D eigenvalue weighted by atomic mass is 10.0. The Hall–Kier alpha value is -0.0400. The molecule has 0 bridgehead atoms. The van der Waals surface area contributed by atoms with Crippen molar-refractivity contribution in [2.75, 3.05) is 6.54 Å². The van der Waals surface area contributed by atoms with Gasteiger partial charge in [-0.25, -0.2) is 0 Å². The van der Waals surface area contributed by atoms with E-state index in [2.05, 4.69) is 19.2 Å². The molecule has 1 heterocycles. The predicted octanol–water partition coefficient (Wildman–Crippen LogP) is 2.17. The van der Waals surface area contributed by atoms with Gasteiger partial charge in [0.05, 0.1) is 0 Å². The van der Waals surface area contributed by atoms with Crippen LogP contribution < -0.4 is 5.32 Å². The molecule has 1 aliphatic rings. The molecule has 0 aliphatic carbocycles. The Morgan fingerprint density at radius 2 is 2.20 bits per heavy atom. The Bertz CT molecular complexity index is 90.7. The third kappa shape index (κ3) is 1.98. The molecule has 0 aromatic carbocycles. The minimum atomic E-state index is 0.843. The second kappa shape index (κ2) is 3.97. The van der Waals surface area contributed by atoms with Crippen molar-refractivity contribution in [2.24, 2.45) is 5.92 Å². The van der Waals surface area contributed by atoms with Gasteiger partial charge in [0.15, 0.2) is 0 Å². The highest BCUT2D eigenvalue weighted by atomic mass is 14.9. The molecule has 1 nitrogen and oxygen atoms in total. The number of hydrogen-bond donors (Lipinski definition) is 1. The lowest BCUT2D eigenvalue weighted by Gasteiger charge is -2.06. The van der Waals surface area contributed by atoms with Crippen molar-refractivity contribution in [3.63, 3.8) is 0 Å². The maximum atomic E-state index is 3.56. The molecule has 0 amide bonds. The van der Waals surface area contributed by atoms with Gasteiger partial charge >= 0.3 is 0 Å². The molecule has 0 aromatic rings. The molecule has 1 saturated heterocycles. The van der Waals surface area contributed by atoms with Gasteiger partial charge < -0.3 is 5.32 Å². The maximum absolute atomic E-state index is 3.56. The summed E-state index contributed by atoms with van der Waals surface area (Å²) in [6.45, 7) is 5.82. The molecule has 1 N–H and O–H groups in total. The molecule has 0 saturated carbocycles. The van der Waals surface area contributed by atoms with Crippen LogP contribution in [-0.4, -0.2) is 12.6 Å². The van der Waals surface area contributed by atoms with Gasteiger partial charge in [0.2, 0.25) is 0 Å². The van der Waals surface area contributed by atoms with E-state index in [0.717, 1.165) is 12.0 Å². The highest BCUT2D eigenvalue weighted by Gasteiger charge is 2.20. The first-order valence-electron chi connectivity index (χ1n) is 4.60. The van der Waals surface area contributed by atoms with Crippen LogP contribution in [0.3, 0.4) is 0 Å². The Kier molecular flexibility index (Phi) is 3.20. The fourth-order valence-electron chi connectivity index (χ4n) is 1.78. The molecular formula is C9H19N. The zero-order chi connectivity index (χ0) is 7.40. The van der Waals surface area contributed by atoms with E-state index >= 15 is 0 Å². The summed E-state index contributed by atoms with van der Waals surface area (Å²) in [6, 6.07) is 0.843. The lowest BCUT2D eigenvalue weighted by Crippen LogP contribution is -2.20. The van der Waals surface area contributed by atoms with Crippen molar-refractivity contribution < 1.29 is 0 Å². The maximum Gasteiger partial charge on any atom is 0.00701 e. The van der Waals surface area contributed by atoms with E-state index in [1.807, 2.05) is 0 Å². The van der Waals surface area contributed by atoms with Crippen molar-refractivity contribution in [3.8, 4) is 0 Å². The van der Waals surface area contributed by atoms with Crippen molar-refractivity contribution in [1.29, 1.82) is 0 Å². The van der Waals surface area contributed by atoms with Crippen LogP contribution in [0.4, 0.5) is 0 Å². The molecule has 0 radical (unpaired) electrons. The van der Waals surface area contributed by atoms with Gasteiger partial charge in [-0.15, -0.1) is 0 Å². The lowest BCUT2D eigenvalue weighted by molar-refractivity contribution is 0.514. The summed E-state index contributed by atoms with van der Waals surface area (Å²) in [5, 5.41) is 3.56. The summed E-state index contributed by atoms with van der Waals surface area (Å²) in [7, 11) is 0. The quantitative estimate of drug-likeness (QED) is 0.635. The topological polar surface area (TPSA) is 12.0 Å². The third-order valence-electron chi connectivity index (χ3n) is 2.53. The van der Waals surface area contributed by atoms with Crippen LogP contribution in [0.15, 0.2) is 0 Å². The van der Waals surface area contributed by atoms with Crippen molar-refractivity contribution >= 4 is 0 Å². The van der Waals surface area contributed by atoms with E-state index in [9.17, 15) is 0 Å². The highest BCUT2D eigenvalue weighted by Crippen LogP contribution is 2.19. The fraction of sp³-hybridized carbons (Fsp3) is 1.00. The van der Waals surface area contributed by atoms with E-state index in [-0.39, 0.29) is 0 Å². The minimum absolute atomic E-state index is 0.843. The van der Waals surface area contributed by atoms with Crippen LogP contribution >= 0.6 is 0 Å². The molecule has 1 heteroatoms. The van der Waals surface area contributed by atoms with E-state index in [1.54, 1.807) is 0 Å². The number of nitrogens with one attached hydrogen (secondary N) is 1. The summed E-state index contributed by atoms with van der Waals surface area (Å²) in [6.07, 6.45) is 5.47. The molecule has 10 heavy (non-hydrogen) atoms. The molecule has 1 rings (SSSR count). The van der Waals surface area contributed by atoms with Crippen LogP contribution in [0.2, 0.25) is 0 Å². The van der Waals surface area contributed by atoms with Gasteiger partial charge in [-0.05, 0) is 25.3 Å². The molecular weight excluding hydrogens is 122 g/mol. The highest BCUT2D eigenvalue weighted by molar-refractivity contribution is 4.79. The molecule has 2 atom stereocenters. The molecule has 1 fully saturated rings. The largest absolute Gasteiger partial charge is 0.314 e. The summed E-state index contributed by atoms with van der Waals surface area (Å²) >= 11 is 0. The second-order valence-corrected chi connectivity index (χ2v) is 3.40. The van der Waals surface area contributed by atoms with Crippen LogP contribution in [0.25, 0.3) is 0 Å². The standard InChI is InChI=1S/C9H19N/c1-3-5-9-6-8(4-2)7-10-9/h8-10H,3-7H2,1-2H3. The molecule has 2 unspecified atom stereocenters. The zero-order valence-corrected chi connectivity index (χ0v) is 7.19. The Morgan fingerprint density at radius 1 is 1.40 bits per heavy atom. The van der Waals surface area contributed by atoms with E-state index in [4.69, 9.17) is 0 Å². The van der Waals surface area contributed by atoms with Gasteiger partial charge in [0.1, 0.15) is 0 Å². The molecule has 1 aliphatic heterocycles. The van der Waals surface area contributed by atoms with Crippen LogP contribution in [0.5, 0.6) is 0 Å². The smallest absolute Gasteiger partial charge is 0.00701 e. The van der Waals surface area contributed by atoms with Gasteiger partial charge in [-0.2, -0.15) is 0 Å². The average Bonchev–Trinajstić information content (AvgIpc) is 2.37. The second-order valence-electron chi connectivity index (χ2n) is 3.40. The van der Waals surface area contributed by atoms with Crippen molar-refractivity contribution in [3.05, 3.63) is 0 Å². The van der Waals surface area contributed by atoms with Gasteiger partial charge in [-0.1, -0.05) is 26.7 Å². The first-order valence-corrected chi connectivity index (χ1v) is 4.60. The summed E-state index contributed by atoms with van der Waals surface area (Å²) in [5.74, 6) is 0.969. The average molecular weight is 141 g/mol. The predicted molar refractivity (Wildman–Crippen MR) is 45.1 cm³/mol. The number of rotatable bonds is 3. The van der Waals surface area contributed by atoms with Gasteiger partial charge in [0, 0.05) is 6.04 Å². The van der Waals surface area contributed by atoms with E-state index < -0.39 is 0 Å². The molecule has 60 valence electrons. The van der Waals surface area contributed by atoms with Gasteiger partial charge in [-0.3, -0.25) is 0 Å². The third-order valence-corrected chi connectivity index (χ3v) is 2.53. The first-order chi connectivity index (χ1) is 4.86. The van der Waals surface area contributed by atoms with Gasteiger partial charge in [0.25, 0.3) is 0 Å². The summed E-state index contributed by atoms with van der Waals surface area (Å²) in [4.78, 5) is 0. The Morgan fingerprint density at radius 3 is 2.70 bits per heavy atom. The van der Waals surface area contributed by atoms with E-state index in [1.165, 1.54) is 32.2 Å². The zero-order valence-electron chi connectivity index (χ0n) is 7.19. The molecule has 0 spiro atoms. The number of hydrogen-bond acceptors (Lipinski definition) is 1. The van der Waals surface area contributed by atoms with Crippen molar-refractivity contribution in [2.45, 2.75) is 45.6 Å². The van der Waals surface area contributed by atoms with Crippen LogP contribution in [-0.2, 0) is 0 Å². The molecule has 0 aromatic heterocycles. The normalized spacial score (nSPS) is 33.0. The fourth-order valence-corrected chi connectivity index (χ4v) is 1.78. The van der Waals surface area contributed by atoms with Crippen LogP contribution in [0, 0.1) is 5.92 Å². The van der Waals surface area contributed by atoms with Crippen molar-refractivity contribution in [1.82, 2.24) is 5.32 Å². The minimum Gasteiger partial charge on any atom is -0.314 e. The van der Waals surface area contributed by atoms with Crippen LogP contribution in [0.1, 0.15) is 39.5 Å². The Balaban J connectivity index is 2.15. The SMILES string of the molecule is CCCC1CC(CC)CN1. The van der Waals surface area contributed by atoms with E-state index in [0.29, 0.717) is 0 Å². The monoisotopic (exact) mass is 141 g/mol. The summed E-state index contributed by atoms with van der Waals surface area (Å²) < 4.78 is 0. The first kappa shape index (κ1) is 8.06. The Labute approximate surface area is 64.2 Å². The summed E-state index contributed by atoms with van der Waals surface area (Å²) in [5.41, 5.74) is 0.